The molecule has 1 aromatic carbocycles. The van der Waals surface area contributed by atoms with Gasteiger partial charge in [0.2, 0.25) is 12.7 Å². The molecule has 0 saturated carbocycles. The molecule has 2 N–H and O–H groups in total. The standard InChI is InChI=1S/C19H25N5O3/c1-13-19(14(2)22-21-13)24-7-5-23(6-8-24)11-18(25)20-10-15-3-4-16-17(9-15)27-12-26-16/h3-4,9H,5-8,10-12H2,1-2H3,(H,20,25)(H,21,22). The molecule has 2 aliphatic rings. The molecule has 8 nitrogen and oxygen atoms in total. The SMILES string of the molecule is Cc1n[nH]c(C)c1N1CCN(CC(=O)NCc2ccc3c(c2)OCO3)CC1. The van der Waals surface area contributed by atoms with Gasteiger partial charge in [-0.15, -0.1) is 0 Å². The number of aromatic nitrogens is 2. The number of amides is 1. The molecule has 0 radical (unpaired) electrons. The van der Waals surface area contributed by atoms with E-state index >= 15 is 0 Å². The van der Waals surface area contributed by atoms with Crippen LogP contribution in [0.25, 0.3) is 0 Å². The number of rotatable bonds is 5. The van der Waals surface area contributed by atoms with Crippen molar-refractivity contribution in [2.75, 3.05) is 44.4 Å². The van der Waals surface area contributed by atoms with Gasteiger partial charge in [-0.05, 0) is 31.5 Å². The molecular formula is C19H25N5O3. The first kappa shape index (κ1) is 17.7. The molecule has 4 rings (SSSR count). The van der Waals surface area contributed by atoms with Crippen LogP contribution >= 0.6 is 0 Å². The molecule has 1 fully saturated rings. The van der Waals surface area contributed by atoms with E-state index in [0.717, 1.165) is 54.6 Å². The molecule has 0 atom stereocenters. The highest BCUT2D eigenvalue weighted by Crippen LogP contribution is 2.32. The summed E-state index contributed by atoms with van der Waals surface area (Å²) in [4.78, 5) is 16.8. The minimum atomic E-state index is 0.0387. The molecule has 3 heterocycles. The molecule has 0 bridgehead atoms. The van der Waals surface area contributed by atoms with Crippen molar-refractivity contribution >= 4 is 11.6 Å². The third-order valence-electron chi connectivity index (χ3n) is 5.07. The molecule has 2 aromatic rings. The maximum absolute atomic E-state index is 12.3. The zero-order chi connectivity index (χ0) is 18.8. The van der Waals surface area contributed by atoms with E-state index in [1.54, 1.807) is 0 Å². The average Bonchev–Trinajstić information content (AvgIpc) is 3.27. The Bertz CT molecular complexity index is 807. The Kier molecular flexibility index (Phi) is 4.89. The van der Waals surface area contributed by atoms with Crippen molar-refractivity contribution in [3.05, 3.63) is 35.2 Å². The fraction of sp³-hybridized carbons (Fsp3) is 0.474. The Hall–Kier alpha value is -2.74. The minimum absolute atomic E-state index is 0.0387. The summed E-state index contributed by atoms with van der Waals surface area (Å²) >= 11 is 0. The molecule has 1 saturated heterocycles. The number of aryl methyl sites for hydroxylation is 2. The van der Waals surface area contributed by atoms with Gasteiger partial charge in [0.15, 0.2) is 11.5 Å². The van der Waals surface area contributed by atoms with Gasteiger partial charge in [0, 0.05) is 32.7 Å². The van der Waals surface area contributed by atoms with E-state index in [1.165, 1.54) is 5.69 Å². The second-order valence-electron chi connectivity index (χ2n) is 7.01. The summed E-state index contributed by atoms with van der Waals surface area (Å²) in [7, 11) is 0. The van der Waals surface area contributed by atoms with Crippen molar-refractivity contribution in [2.45, 2.75) is 20.4 Å². The maximum atomic E-state index is 12.3. The Morgan fingerprint density at radius 3 is 2.70 bits per heavy atom. The molecule has 27 heavy (non-hydrogen) atoms. The van der Waals surface area contributed by atoms with Gasteiger partial charge in [0.25, 0.3) is 0 Å². The van der Waals surface area contributed by atoms with Crippen molar-refractivity contribution in [3.63, 3.8) is 0 Å². The monoisotopic (exact) mass is 371 g/mol. The van der Waals surface area contributed by atoms with E-state index in [4.69, 9.17) is 9.47 Å². The van der Waals surface area contributed by atoms with Crippen molar-refractivity contribution in [1.29, 1.82) is 0 Å². The molecular weight excluding hydrogens is 346 g/mol. The maximum Gasteiger partial charge on any atom is 0.234 e. The molecule has 1 amide bonds. The topological polar surface area (TPSA) is 82.7 Å². The summed E-state index contributed by atoms with van der Waals surface area (Å²) in [6.07, 6.45) is 0. The van der Waals surface area contributed by atoms with Crippen LogP contribution in [-0.2, 0) is 11.3 Å². The Balaban J connectivity index is 1.24. The van der Waals surface area contributed by atoms with Crippen LogP contribution in [0.1, 0.15) is 17.0 Å². The third-order valence-corrected chi connectivity index (χ3v) is 5.07. The number of nitrogens with one attached hydrogen (secondary N) is 2. The van der Waals surface area contributed by atoms with Crippen LogP contribution in [0, 0.1) is 13.8 Å². The van der Waals surface area contributed by atoms with Gasteiger partial charge in [-0.25, -0.2) is 0 Å². The highest BCUT2D eigenvalue weighted by Gasteiger charge is 2.22. The number of piperazine rings is 1. The summed E-state index contributed by atoms with van der Waals surface area (Å²) < 4.78 is 10.7. The Morgan fingerprint density at radius 2 is 1.96 bits per heavy atom. The quantitative estimate of drug-likeness (QED) is 0.822. The predicted molar refractivity (Wildman–Crippen MR) is 101 cm³/mol. The summed E-state index contributed by atoms with van der Waals surface area (Å²) in [5, 5.41) is 10.3. The fourth-order valence-electron chi connectivity index (χ4n) is 3.65. The number of benzene rings is 1. The van der Waals surface area contributed by atoms with E-state index in [1.807, 2.05) is 32.0 Å². The summed E-state index contributed by atoms with van der Waals surface area (Å²) in [6.45, 7) is 8.76. The van der Waals surface area contributed by atoms with Gasteiger partial charge in [0.05, 0.1) is 23.6 Å². The van der Waals surface area contributed by atoms with Gasteiger partial charge in [-0.2, -0.15) is 5.10 Å². The van der Waals surface area contributed by atoms with Crippen molar-refractivity contribution in [1.82, 2.24) is 20.4 Å². The number of ether oxygens (including phenoxy) is 2. The van der Waals surface area contributed by atoms with Crippen LogP contribution in [0.5, 0.6) is 11.5 Å². The van der Waals surface area contributed by atoms with E-state index in [0.29, 0.717) is 13.1 Å². The van der Waals surface area contributed by atoms with Crippen LogP contribution in [0.4, 0.5) is 5.69 Å². The van der Waals surface area contributed by atoms with Crippen LogP contribution in [-0.4, -0.2) is 60.5 Å². The van der Waals surface area contributed by atoms with E-state index in [2.05, 4.69) is 25.3 Å². The van der Waals surface area contributed by atoms with Gasteiger partial charge in [0.1, 0.15) is 0 Å². The van der Waals surface area contributed by atoms with Crippen LogP contribution in [0.3, 0.4) is 0 Å². The number of H-pyrrole nitrogens is 1. The summed E-state index contributed by atoms with van der Waals surface area (Å²) in [6, 6.07) is 5.74. The van der Waals surface area contributed by atoms with Crippen molar-refractivity contribution in [3.8, 4) is 11.5 Å². The van der Waals surface area contributed by atoms with E-state index in [-0.39, 0.29) is 12.7 Å². The number of aromatic amines is 1. The first-order chi connectivity index (χ1) is 13.1. The van der Waals surface area contributed by atoms with Gasteiger partial charge < -0.3 is 19.7 Å². The van der Waals surface area contributed by atoms with Crippen molar-refractivity contribution < 1.29 is 14.3 Å². The highest BCUT2D eigenvalue weighted by atomic mass is 16.7. The molecule has 0 spiro atoms. The van der Waals surface area contributed by atoms with Crippen LogP contribution < -0.4 is 19.7 Å². The smallest absolute Gasteiger partial charge is 0.234 e. The zero-order valence-corrected chi connectivity index (χ0v) is 15.7. The summed E-state index contributed by atoms with van der Waals surface area (Å²) in [5.74, 6) is 1.53. The normalized spacial score (nSPS) is 16.6. The first-order valence-corrected chi connectivity index (χ1v) is 9.24. The number of anilines is 1. The lowest BCUT2D eigenvalue weighted by molar-refractivity contribution is -0.122. The lowest BCUT2D eigenvalue weighted by Gasteiger charge is -2.35. The lowest BCUT2D eigenvalue weighted by atomic mass is 10.2. The number of hydrogen-bond acceptors (Lipinski definition) is 6. The molecule has 0 aliphatic carbocycles. The second kappa shape index (κ2) is 7.48. The highest BCUT2D eigenvalue weighted by molar-refractivity contribution is 5.78. The van der Waals surface area contributed by atoms with Crippen molar-refractivity contribution in [2.24, 2.45) is 0 Å². The molecule has 0 unspecified atom stereocenters. The summed E-state index contributed by atoms with van der Waals surface area (Å²) in [5.41, 5.74) is 4.33. The molecule has 2 aliphatic heterocycles. The minimum Gasteiger partial charge on any atom is -0.454 e. The van der Waals surface area contributed by atoms with Gasteiger partial charge in [-0.3, -0.25) is 14.8 Å². The Labute approximate surface area is 158 Å². The number of carbonyl (C=O) groups excluding carboxylic acids is 1. The number of carbonyl (C=O) groups is 1. The zero-order valence-electron chi connectivity index (χ0n) is 15.7. The largest absolute Gasteiger partial charge is 0.454 e. The van der Waals surface area contributed by atoms with E-state index < -0.39 is 0 Å². The van der Waals surface area contributed by atoms with Crippen LogP contribution in [0.15, 0.2) is 18.2 Å². The lowest BCUT2D eigenvalue weighted by Crippen LogP contribution is -2.49. The number of nitrogens with zero attached hydrogens (tertiary/aromatic N) is 3. The average molecular weight is 371 g/mol. The number of fused-ring (bicyclic) bond motifs is 1. The predicted octanol–water partition coefficient (Wildman–Crippen LogP) is 1.19. The molecule has 1 aromatic heterocycles. The van der Waals surface area contributed by atoms with E-state index in [9.17, 15) is 4.79 Å². The number of hydrogen-bond donors (Lipinski definition) is 2. The molecule has 144 valence electrons. The molecule has 8 heteroatoms. The fourth-order valence-corrected chi connectivity index (χ4v) is 3.65. The van der Waals surface area contributed by atoms with Crippen LogP contribution in [0.2, 0.25) is 0 Å². The Morgan fingerprint density at radius 1 is 1.19 bits per heavy atom. The first-order valence-electron chi connectivity index (χ1n) is 9.24. The van der Waals surface area contributed by atoms with Gasteiger partial charge in [-0.1, -0.05) is 6.07 Å². The second-order valence-corrected chi connectivity index (χ2v) is 7.01. The third kappa shape index (κ3) is 3.85. The van der Waals surface area contributed by atoms with Gasteiger partial charge >= 0.3 is 0 Å².